The molecular formula is C17H15N3O3S. The quantitative estimate of drug-likeness (QED) is 0.555. The number of hydrogen-bond donors (Lipinski definition) is 2. The zero-order valence-electron chi connectivity index (χ0n) is 12.7. The van der Waals surface area contributed by atoms with E-state index in [0.29, 0.717) is 25.2 Å². The summed E-state index contributed by atoms with van der Waals surface area (Å²) in [5.41, 5.74) is 3.63. The highest BCUT2D eigenvalue weighted by Crippen LogP contribution is 2.28. The standard InChI is InChI=1S/C17H15N3O3S/c21-16(18-23)11-7-12-9-20(6-5-19(12)8-11)17(22)14-10-24-15-4-2-1-3-13(14)15/h1-4,7-8,10,23H,5-6,9H2,(H,18,21). The molecule has 0 radical (unpaired) electrons. The summed E-state index contributed by atoms with van der Waals surface area (Å²) in [5, 5.41) is 11.6. The van der Waals surface area contributed by atoms with Gasteiger partial charge in [-0.15, -0.1) is 11.3 Å². The highest BCUT2D eigenvalue weighted by Gasteiger charge is 2.25. The molecule has 0 spiro atoms. The van der Waals surface area contributed by atoms with Crippen LogP contribution in [0.2, 0.25) is 0 Å². The van der Waals surface area contributed by atoms with Gasteiger partial charge in [-0.05, 0) is 12.1 Å². The van der Waals surface area contributed by atoms with Crippen molar-refractivity contribution >= 4 is 33.2 Å². The molecule has 3 heterocycles. The number of nitrogens with zero attached hydrogens (tertiary/aromatic N) is 2. The number of carbonyl (C=O) groups is 2. The molecule has 0 fully saturated rings. The summed E-state index contributed by atoms with van der Waals surface area (Å²) in [4.78, 5) is 26.2. The Labute approximate surface area is 141 Å². The molecule has 2 amide bonds. The average Bonchev–Trinajstić information content (AvgIpc) is 3.23. The summed E-state index contributed by atoms with van der Waals surface area (Å²) in [6.45, 7) is 1.66. The van der Waals surface area contributed by atoms with Gasteiger partial charge in [-0.2, -0.15) is 0 Å². The van der Waals surface area contributed by atoms with Crippen LogP contribution in [0.4, 0.5) is 0 Å². The topological polar surface area (TPSA) is 74.6 Å². The van der Waals surface area contributed by atoms with Gasteiger partial charge in [0, 0.05) is 40.4 Å². The summed E-state index contributed by atoms with van der Waals surface area (Å²) in [5.74, 6) is -0.535. The summed E-state index contributed by atoms with van der Waals surface area (Å²) in [7, 11) is 0. The highest BCUT2D eigenvalue weighted by atomic mass is 32.1. The second-order valence-corrected chi connectivity index (χ2v) is 6.64. The molecule has 0 bridgehead atoms. The number of rotatable bonds is 2. The van der Waals surface area contributed by atoms with Crippen molar-refractivity contribution in [2.24, 2.45) is 0 Å². The molecule has 122 valence electrons. The van der Waals surface area contributed by atoms with Gasteiger partial charge in [0.15, 0.2) is 0 Å². The van der Waals surface area contributed by atoms with Gasteiger partial charge >= 0.3 is 0 Å². The van der Waals surface area contributed by atoms with Gasteiger partial charge in [-0.3, -0.25) is 14.8 Å². The normalized spacial score (nSPS) is 13.8. The maximum Gasteiger partial charge on any atom is 0.276 e. The Morgan fingerprint density at radius 1 is 1.21 bits per heavy atom. The van der Waals surface area contributed by atoms with Crippen molar-refractivity contribution < 1.29 is 14.8 Å². The number of thiophene rings is 1. The van der Waals surface area contributed by atoms with E-state index in [1.165, 1.54) is 0 Å². The zero-order valence-corrected chi connectivity index (χ0v) is 13.5. The molecule has 7 heteroatoms. The van der Waals surface area contributed by atoms with Crippen molar-refractivity contribution in [3.63, 3.8) is 0 Å². The SMILES string of the molecule is O=C(NO)c1cc2n(c1)CCN(C(=O)c1csc3ccccc13)C2. The third-order valence-corrected chi connectivity index (χ3v) is 5.28. The molecule has 24 heavy (non-hydrogen) atoms. The molecule has 1 aromatic carbocycles. The van der Waals surface area contributed by atoms with Crippen LogP contribution < -0.4 is 5.48 Å². The molecule has 1 aliphatic heterocycles. The van der Waals surface area contributed by atoms with Crippen molar-refractivity contribution in [2.45, 2.75) is 13.1 Å². The van der Waals surface area contributed by atoms with Crippen LogP contribution >= 0.6 is 11.3 Å². The molecule has 1 aliphatic rings. The molecule has 4 rings (SSSR count). The lowest BCUT2D eigenvalue weighted by molar-refractivity contribution is 0.0702. The molecule has 0 unspecified atom stereocenters. The number of hydroxylamine groups is 1. The van der Waals surface area contributed by atoms with Gasteiger partial charge in [0.05, 0.1) is 17.7 Å². The van der Waals surface area contributed by atoms with Crippen LogP contribution in [0.1, 0.15) is 26.4 Å². The molecular weight excluding hydrogens is 326 g/mol. The van der Waals surface area contributed by atoms with E-state index in [4.69, 9.17) is 5.21 Å². The maximum atomic E-state index is 12.9. The first kappa shape index (κ1) is 14.9. The van der Waals surface area contributed by atoms with E-state index in [1.807, 2.05) is 34.2 Å². The van der Waals surface area contributed by atoms with E-state index in [0.717, 1.165) is 21.3 Å². The molecule has 0 atom stereocenters. The minimum absolute atomic E-state index is 0.00746. The number of nitrogens with one attached hydrogen (secondary N) is 1. The van der Waals surface area contributed by atoms with E-state index in [2.05, 4.69) is 0 Å². The molecule has 2 aromatic heterocycles. The smallest absolute Gasteiger partial charge is 0.276 e. The number of carbonyl (C=O) groups excluding carboxylic acids is 2. The fourth-order valence-electron chi connectivity index (χ4n) is 3.07. The van der Waals surface area contributed by atoms with Crippen LogP contribution in [0.3, 0.4) is 0 Å². The Morgan fingerprint density at radius 2 is 2.04 bits per heavy atom. The molecule has 3 aromatic rings. The van der Waals surface area contributed by atoms with Gasteiger partial charge in [-0.1, -0.05) is 18.2 Å². The first-order valence-electron chi connectivity index (χ1n) is 7.56. The predicted molar refractivity (Wildman–Crippen MR) is 90.3 cm³/mol. The Bertz CT molecular complexity index is 944. The minimum Gasteiger partial charge on any atom is -0.347 e. The summed E-state index contributed by atoms with van der Waals surface area (Å²) in [6, 6.07) is 9.59. The second-order valence-electron chi connectivity index (χ2n) is 5.73. The third-order valence-electron chi connectivity index (χ3n) is 4.31. The van der Waals surface area contributed by atoms with E-state index in [-0.39, 0.29) is 5.91 Å². The van der Waals surface area contributed by atoms with Crippen molar-refractivity contribution in [3.05, 3.63) is 58.7 Å². The van der Waals surface area contributed by atoms with E-state index in [1.54, 1.807) is 34.0 Å². The van der Waals surface area contributed by atoms with Crippen LogP contribution in [0.25, 0.3) is 10.1 Å². The number of benzene rings is 1. The van der Waals surface area contributed by atoms with Crippen molar-refractivity contribution in [2.75, 3.05) is 6.54 Å². The number of aromatic nitrogens is 1. The molecule has 0 saturated heterocycles. The summed E-state index contributed by atoms with van der Waals surface area (Å²) < 4.78 is 3.04. The van der Waals surface area contributed by atoms with Gasteiger partial charge in [0.25, 0.3) is 11.8 Å². The van der Waals surface area contributed by atoms with Gasteiger partial charge in [0.2, 0.25) is 0 Å². The van der Waals surface area contributed by atoms with Crippen molar-refractivity contribution in [3.8, 4) is 0 Å². The maximum absolute atomic E-state index is 12.9. The first-order chi connectivity index (χ1) is 11.7. The van der Waals surface area contributed by atoms with Gasteiger partial charge in [-0.25, -0.2) is 5.48 Å². The van der Waals surface area contributed by atoms with E-state index < -0.39 is 5.91 Å². The average molecular weight is 341 g/mol. The predicted octanol–water partition coefficient (Wildman–Crippen LogP) is 2.48. The van der Waals surface area contributed by atoms with Crippen LogP contribution in [-0.2, 0) is 13.1 Å². The lowest BCUT2D eigenvalue weighted by atomic mass is 10.1. The van der Waals surface area contributed by atoms with Crippen LogP contribution in [0, 0.1) is 0 Å². The second kappa shape index (κ2) is 5.77. The van der Waals surface area contributed by atoms with Gasteiger partial charge < -0.3 is 9.47 Å². The Morgan fingerprint density at radius 3 is 2.88 bits per heavy atom. The van der Waals surface area contributed by atoms with Crippen LogP contribution in [0.5, 0.6) is 0 Å². The molecule has 6 nitrogen and oxygen atoms in total. The lowest BCUT2D eigenvalue weighted by Gasteiger charge is -2.28. The fourth-order valence-corrected chi connectivity index (χ4v) is 4.01. The number of amides is 2. The Kier molecular flexibility index (Phi) is 3.59. The summed E-state index contributed by atoms with van der Waals surface area (Å²) >= 11 is 1.57. The fraction of sp³-hybridized carbons (Fsp3) is 0.176. The third kappa shape index (κ3) is 2.38. The Balaban J connectivity index is 1.61. The first-order valence-corrected chi connectivity index (χ1v) is 8.44. The van der Waals surface area contributed by atoms with E-state index in [9.17, 15) is 9.59 Å². The monoisotopic (exact) mass is 341 g/mol. The highest BCUT2D eigenvalue weighted by molar-refractivity contribution is 7.17. The minimum atomic E-state index is -0.543. The lowest BCUT2D eigenvalue weighted by Crippen LogP contribution is -2.37. The molecule has 0 saturated carbocycles. The van der Waals surface area contributed by atoms with Crippen molar-refractivity contribution in [1.82, 2.24) is 14.9 Å². The molecule has 0 aliphatic carbocycles. The van der Waals surface area contributed by atoms with Crippen molar-refractivity contribution in [1.29, 1.82) is 0 Å². The number of fused-ring (bicyclic) bond motifs is 2. The number of hydrogen-bond acceptors (Lipinski definition) is 4. The van der Waals surface area contributed by atoms with E-state index >= 15 is 0 Å². The van der Waals surface area contributed by atoms with Crippen LogP contribution in [0.15, 0.2) is 41.9 Å². The summed E-state index contributed by atoms with van der Waals surface area (Å²) in [6.07, 6.45) is 1.70. The van der Waals surface area contributed by atoms with Crippen LogP contribution in [-0.4, -0.2) is 33.0 Å². The largest absolute Gasteiger partial charge is 0.347 e. The Hall–Kier alpha value is -2.64. The molecule has 2 N–H and O–H groups in total. The van der Waals surface area contributed by atoms with Gasteiger partial charge in [0.1, 0.15) is 0 Å². The zero-order chi connectivity index (χ0) is 16.7.